The number of benzene rings is 1. The van der Waals surface area contributed by atoms with E-state index in [1.54, 1.807) is 13.0 Å². The van der Waals surface area contributed by atoms with Crippen LogP contribution in [0.4, 0.5) is 11.4 Å². The van der Waals surface area contributed by atoms with E-state index >= 15 is 0 Å². The van der Waals surface area contributed by atoms with Crippen LogP contribution in [0.25, 0.3) is 0 Å². The predicted octanol–water partition coefficient (Wildman–Crippen LogP) is 1.78. The Hall–Kier alpha value is -1.91. The zero-order valence-electron chi connectivity index (χ0n) is 10.2. The maximum absolute atomic E-state index is 11.6. The van der Waals surface area contributed by atoms with E-state index in [4.69, 9.17) is 4.74 Å². The highest BCUT2D eigenvalue weighted by Gasteiger charge is 2.26. The summed E-state index contributed by atoms with van der Waals surface area (Å²) in [4.78, 5) is 13.6. The third kappa shape index (κ3) is 1.88. The molecule has 1 aliphatic heterocycles. The zero-order valence-corrected chi connectivity index (χ0v) is 10.2. The molecule has 17 heavy (non-hydrogen) atoms. The fraction of sp³-hybridized carbons (Fsp3) is 0.417. The van der Waals surface area contributed by atoms with Gasteiger partial charge in [-0.15, -0.1) is 0 Å². The average molecular weight is 236 g/mol. The minimum absolute atomic E-state index is 0.0711. The Bertz CT molecular complexity index is 459. The van der Waals surface area contributed by atoms with Crippen LogP contribution < -0.4 is 10.2 Å². The summed E-state index contributed by atoms with van der Waals surface area (Å²) in [6.07, 6.45) is 0.0911. The van der Waals surface area contributed by atoms with Crippen molar-refractivity contribution in [3.63, 3.8) is 0 Å². The van der Waals surface area contributed by atoms with Gasteiger partial charge in [-0.3, -0.25) is 0 Å². The molecule has 0 aliphatic carbocycles. The van der Waals surface area contributed by atoms with Crippen molar-refractivity contribution in [1.82, 2.24) is 0 Å². The quantitative estimate of drug-likeness (QED) is 0.605. The van der Waals surface area contributed by atoms with Gasteiger partial charge in [0.2, 0.25) is 0 Å². The summed E-state index contributed by atoms with van der Waals surface area (Å²) >= 11 is 0. The second-order valence-corrected chi connectivity index (χ2v) is 4.04. The molecule has 0 radical (unpaired) electrons. The number of aromatic hydroxyl groups is 1. The highest BCUT2D eigenvalue weighted by atomic mass is 16.5. The van der Waals surface area contributed by atoms with Gasteiger partial charge in [-0.05, 0) is 26.0 Å². The molecule has 0 spiro atoms. The molecule has 0 saturated heterocycles. The Morgan fingerprint density at radius 3 is 2.94 bits per heavy atom. The average Bonchev–Trinajstić information content (AvgIpc) is 2.57. The normalized spacial score (nSPS) is 17.6. The fourth-order valence-electron chi connectivity index (χ4n) is 1.88. The molecule has 0 aromatic heterocycles. The van der Waals surface area contributed by atoms with E-state index in [1.165, 1.54) is 6.07 Å². The first kappa shape index (κ1) is 11.6. The minimum Gasteiger partial charge on any atom is -0.506 e. The lowest BCUT2D eigenvalue weighted by Gasteiger charge is -2.17. The fourth-order valence-corrected chi connectivity index (χ4v) is 1.88. The third-order valence-corrected chi connectivity index (χ3v) is 2.92. The third-order valence-electron chi connectivity index (χ3n) is 2.92. The van der Waals surface area contributed by atoms with E-state index in [2.05, 4.69) is 5.32 Å². The maximum atomic E-state index is 11.6. The molecule has 1 aliphatic rings. The van der Waals surface area contributed by atoms with E-state index in [0.29, 0.717) is 17.9 Å². The van der Waals surface area contributed by atoms with Gasteiger partial charge in [0.1, 0.15) is 11.4 Å². The molecule has 1 aromatic carbocycles. The largest absolute Gasteiger partial charge is 0.506 e. The van der Waals surface area contributed by atoms with Crippen LogP contribution >= 0.6 is 0 Å². The van der Waals surface area contributed by atoms with E-state index in [9.17, 15) is 9.90 Å². The van der Waals surface area contributed by atoms with E-state index in [1.807, 2.05) is 18.9 Å². The Morgan fingerprint density at radius 2 is 2.29 bits per heavy atom. The molecule has 0 amide bonds. The molecule has 5 nitrogen and oxygen atoms in total. The Balaban J connectivity index is 2.41. The number of anilines is 2. The first-order chi connectivity index (χ1) is 8.04. The summed E-state index contributed by atoms with van der Waals surface area (Å²) in [5.74, 6) is -0.347. The van der Waals surface area contributed by atoms with Crippen molar-refractivity contribution >= 4 is 17.3 Å². The van der Waals surface area contributed by atoms with E-state index in [0.717, 1.165) is 5.69 Å². The standard InChI is InChI=1S/C12H16N2O3/c1-4-17-12(16)8-5-9-11(10(15)6-8)13-7(2)14(9)3/h5-7,13,15H,4H2,1-3H3. The van der Waals surface area contributed by atoms with E-state index < -0.39 is 5.97 Å². The SMILES string of the molecule is CCOC(=O)c1cc(O)c2c(c1)N(C)C(C)N2. The lowest BCUT2D eigenvalue weighted by atomic mass is 10.1. The van der Waals surface area contributed by atoms with Gasteiger partial charge in [-0.2, -0.15) is 0 Å². The number of hydrogen-bond acceptors (Lipinski definition) is 5. The molecular formula is C12H16N2O3. The summed E-state index contributed by atoms with van der Waals surface area (Å²) in [6, 6.07) is 3.15. The number of fused-ring (bicyclic) bond motifs is 1. The van der Waals surface area contributed by atoms with Crippen molar-refractivity contribution in [1.29, 1.82) is 0 Å². The van der Waals surface area contributed by atoms with Gasteiger partial charge >= 0.3 is 5.97 Å². The number of phenolic OH excluding ortho intramolecular Hbond substituents is 1. The number of carbonyl (C=O) groups excluding carboxylic acids is 1. The van der Waals surface area contributed by atoms with Gasteiger partial charge in [-0.1, -0.05) is 0 Å². The number of hydrogen-bond donors (Lipinski definition) is 2. The molecule has 1 heterocycles. The van der Waals surface area contributed by atoms with Crippen LogP contribution in [0, 0.1) is 0 Å². The van der Waals surface area contributed by atoms with Crippen molar-refractivity contribution in [3.8, 4) is 5.75 Å². The summed E-state index contributed by atoms with van der Waals surface area (Å²) < 4.78 is 4.92. The maximum Gasteiger partial charge on any atom is 0.338 e. The lowest BCUT2D eigenvalue weighted by molar-refractivity contribution is 0.0526. The summed E-state index contributed by atoms with van der Waals surface area (Å²) in [5, 5.41) is 13.0. The molecule has 5 heteroatoms. The highest BCUT2D eigenvalue weighted by Crippen LogP contribution is 2.41. The Labute approximate surface area is 100.0 Å². The van der Waals surface area contributed by atoms with Crippen LogP contribution in [0.5, 0.6) is 5.75 Å². The van der Waals surface area contributed by atoms with Crippen LogP contribution in [-0.4, -0.2) is 30.9 Å². The second-order valence-electron chi connectivity index (χ2n) is 4.04. The van der Waals surface area contributed by atoms with Gasteiger partial charge in [-0.25, -0.2) is 4.79 Å². The second kappa shape index (κ2) is 4.16. The lowest BCUT2D eigenvalue weighted by Crippen LogP contribution is -2.28. The first-order valence-corrected chi connectivity index (χ1v) is 5.58. The molecule has 0 bridgehead atoms. The number of ether oxygens (including phenoxy) is 1. The molecule has 2 N–H and O–H groups in total. The van der Waals surface area contributed by atoms with Gasteiger partial charge in [0.25, 0.3) is 0 Å². The summed E-state index contributed by atoms with van der Waals surface area (Å²) in [7, 11) is 1.90. The molecule has 2 rings (SSSR count). The van der Waals surface area contributed by atoms with Crippen LogP contribution in [0.15, 0.2) is 12.1 Å². The van der Waals surface area contributed by atoms with E-state index in [-0.39, 0.29) is 11.9 Å². The van der Waals surface area contributed by atoms with Crippen LogP contribution in [0.3, 0.4) is 0 Å². The number of esters is 1. The predicted molar refractivity (Wildman–Crippen MR) is 65.6 cm³/mol. The number of nitrogens with zero attached hydrogens (tertiary/aromatic N) is 1. The molecule has 0 fully saturated rings. The van der Waals surface area contributed by atoms with Gasteiger partial charge in [0, 0.05) is 7.05 Å². The zero-order chi connectivity index (χ0) is 12.6. The number of rotatable bonds is 2. The van der Waals surface area contributed by atoms with Crippen LogP contribution in [0.1, 0.15) is 24.2 Å². The molecule has 1 unspecified atom stereocenters. The molecular weight excluding hydrogens is 220 g/mol. The van der Waals surface area contributed by atoms with Gasteiger partial charge in [0.05, 0.1) is 24.0 Å². The van der Waals surface area contributed by atoms with Gasteiger partial charge < -0.3 is 20.1 Å². The number of phenols is 1. The molecule has 92 valence electrons. The van der Waals surface area contributed by atoms with Crippen molar-refractivity contribution in [2.45, 2.75) is 20.0 Å². The summed E-state index contributed by atoms with van der Waals surface area (Å²) in [6.45, 7) is 4.05. The Morgan fingerprint density at radius 1 is 1.59 bits per heavy atom. The number of carbonyl (C=O) groups is 1. The van der Waals surface area contributed by atoms with Crippen LogP contribution in [0.2, 0.25) is 0 Å². The molecule has 1 aromatic rings. The van der Waals surface area contributed by atoms with Crippen molar-refractivity contribution < 1.29 is 14.6 Å². The monoisotopic (exact) mass is 236 g/mol. The Kier molecular flexibility index (Phi) is 2.83. The van der Waals surface area contributed by atoms with Crippen molar-refractivity contribution in [3.05, 3.63) is 17.7 Å². The highest BCUT2D eigenvalue weighted by molar-refractivity contribution is 5.95. The molecule has 1 atom stereocenters. The minimum atomic E-state index is -0.418. The van der Waals surface area contributed by atoms with Crippen LogP contribution in [-0.2, 0) is 4.74 Å². The first-order valence-electron chi connectivity index (χ1n) is 5.58. The van der Waals surface area contributed by atoms with Crippen molar-refractivity contribution in [2.24, 2.45) is 0 Å². The van der Waals surface area contributed by atoms with Gasteiger partial charge in [0.15, 0.2) is 0 Å². The smallest absolute Gasteiger partial charge is 0.338 e. The topological polar surface area (TPSA) is 61.8 Å². The summed E-state index contributed by atoms with van der Waals surface area (Å²) in [5.41, 5.74) is 1.83. The number of nitrogens with one attached hydrogen (secondary N) is 1. The molecule has 0 saturated carbocycles. The van der Waals surface area contributed by atoms with Crippen molar-refractivity contribution in [2.75, 3.05) is 23.9 Å².